The van der Waals surface area contributed by atoms with Crippen LogP contribution in [-0.4, -0.2) is 23.1 Å². The molecule has 1 aromatic rings. The molecule has 0 saturated heterocycles. The number of benzene rings is 1. The lowest BCUT2D eigenvalue weighted by atomic mass is 10.2. The van der Waals surface area contributed by atoms with E-state index in [1.165, 1.54) is 12.1 Å². The van der Waals surface area contributed by atoms with Gasteiger partial charge in [0.1, 0.15) is 5.75 Å². The van der Waals surface area contributed by atoms with Crippen molar-refractivity contribution in [3.63, 3.8) is 0 Å². The van der Waals surface area contributed by atoms with Crippen molar-refractivity contribution in [2.45, 2.75) is 19.4 Å². The van der Waals surface area contributed by atoms with Gasteiger partial charge in [-0.1, -0.05) is 13.0 Å². The quantitative estimate of drug-likeness (QED) is 0.780. The van der Waals surface area contributed by atoms with Gasteiger partial charge in [0.25, 0.3) is 5.91 Å². The molecule has 0 aromatic heterocycles. The van der Waals surface area contributed by atoms with Gasteiger partial charge in [0.15, 0.2) is 6.10 Å². The van der Waals surface area contributed by atoms with Crippen molar-refractivity contribution in [3.05, 3.63) is 29.8 Å². The number of carbonyl (C=O) groups excluding carboxylic acids is 1. The molecule has 0 saturated carbocycles. The number of hydrogen-bond donors (Lipinski definition) is 2. The molecule has 1 atom stereocenters. The van der Waals surface area contributed by atoms with E-state index in [-0.39, 0.29) is 5.56 Å². The number of rotatable bonds is 5. The van der Waals surface area contributed by atoms with Gasteiger partial charge in [-0.15, -0.1) is 0 Å². The van der Waals surface area contributed by atoms with Crippen LogP contribution < -0.4 is 10.5 Å². The van der Waals surface area contributed by atoms with Gasteiger partial charge in [-0.2, -0.15) is 0 Å². The van der Waals surface area contributed by atoms with Crippen molar-refractivity contribution in [1.29, 1.82) is 0 Å². The lowest BCUT2D eigenvalue weighted by Crippen LogP contribution is -2.33. The summed E-state index contributed by atoms with van der Waals surface area (Å²) in [5, 5.41) is 8.76. The Morgan fingerprint density at radius 3 is 2.69 bits per heavy atom. The highest BCUT2D eigenvalue weighted by molar-refractivity contribution is 5.88. The highest BCUT2D eigenvalue weighted by Gasteiger charge is 2.15. The predicted octanol–water partition coefficient (Wildman–Crippen LogP) is 1.03. The van der Waals surface area contributed by atoms with E-state index >= 15 is 0 Å². The molecule has 5 heteroatoms. The molecule has 0 aliphatic carbocycles. The number of carboxylic acid groups (broad SMARTS) is 1. The Kier molecular flexibility index (Phi) is 3.88. The number of nitrogens with two attached hydrogens (primary N) is 1. The maximum absolute atomic E-state index is 10.9. The third kappa shape index (κ3) is 2.98. The van der Waals surface area contributed by atoms with Gasteiger partial charge in [0.2, 0.25) is 0 Å². The van der Waals surface area contributed by atoms with Crippen LogP contribution in [0.15, 0.2) is 24.3 Å². The summed E-state index contributed by atoms with van der Waals surface area (Å²) in [5.74, 6) is -1.29. The Morgan fingerprint density at radius 2 is 2.19 bits per heavy atom. The van der Waals surface area contributed by atoms with Crippen LogP contribution in [0.4, 0.5) is 0 Å². The van der Waals surface area contributed by atoms with Crippen LogP contribution in [0.25, 0.3) is 0 Å². The van der Waals surface area contributed by atoms with Crippen molar-refractivity contribution in [2.75, 3.05) is 0 Å². The lowest BCUT2D eigenvalue weighted by molar-refractivity contribution is -0.124. The van der Waals surface area contributed by atoms with Gasteiger partial charge in [-0.05, 0) is 24.6 Å². The molecule has 1 rings (SSSR count). The van der Waals surface area contributed by atoms with Crippen LogP contribution in [0, 0.1) is 0 Å². The average Bonchev–Trinajstić information content (AvgIpc) is 2.25. The maximum Gasteiger partial charge on any atom is 0.335 e. The second-order valence-corrected chi connectivity index (χ2v) is 3.25. The van der Waals surface area contributed by atoms with E-state index in [4.69, 9.17) is 15.6 Å². The molecule has 3 N–H and O–H groups in total. The fourth-order valence-electron chi connectivity index (χ4n) is 1.21. The van der Waals surface area contributed by atoms with Crippen LogP contribution in [0.1, 0.15) is 23.7 Å². The van der Waals surface area contributed by atoms with Gasteiger partial charge in [-0.25, -0.2) is 4.79 Å². The summed E-state index contributed by atoms with van der Waals surface area (Å²) in [6, 6.07) is 5.93. The highest BCUT2D eigenvalue weighted by Crippen LogP contribution is 2.15. The molecule has 0 heterocycles. The Bertz CT molecular complexity index is 403. The second kappa shape index (κ2) is 5.16. The molecule has 0 aliphatic heterocycles. The number of carbonyl (C=O) groups is 2. The molecule has 0 radical (unpaired) electrons. The largest absolute Gasteiger partial charge is 0.481 e. The van der Waals surface area contributed by atoms with Crippen molar-refractivity contribution in [3.8, 4) is 5.75 Å². The minimum absolute atomic E-state index is 0.108. The van der Waals surface area contributed by atoms with E-state index in [2.05, 4.69) is 0 Å². The van der Waals surface area contributed by atoms with E-state index in [0.717, 1.165) is 0 Å². The summed E-state index contributed by atoms with van der Waals surface area (Å²) < 4.78 is 5.28. The lowest BCUT2D eigenvalue weighted by Gasteiger charge is -2.14. The maximum atomic E-state index is 10.9. The average molecular weight is 223 g/mol. The number of primary amides is 1. The van der Waals surface area contributed by atoms with Crippen LogP contribution in [0.3, 0.4) is 0 Å². The number of hydrogen-bond acceptors (Lipinski definition) is 3. The van der Waals surface area contributed by atoms with Crippen LogP contribution in [-0.2, 0) is 4.79 Å². The van der Waals surface area contributed by atoms with Crippen LogP contribution >= 0.6 is 0 Å². The Morgan fingerprint density at radius 1 is 1.50 bits per heavy atom. The van der Waals surface area contributed by atoms with Gasteiger partial charge in [0.05, 0.1) is 5.56 Å². The highest BCUT2D eigenvalue weighted by atomic mass is 16.5. The molecule has 0 fully saturated rings. The molecule has 0 aliphatic rings. The molecular weight excluding hydrogens is 210 g/mol. The molecule has 0 spiro atoms. The minimum Gasteiger partial charge on any atom is -0.481 e. The van der Waals surface area contributed by atoms with E-state index in [1.807, 2.05) is 0 Å². The van der Waals surface area contributed by atoms with E-state index in [1.54, 1.807) is 19.1 Å². The standard InChI is InChI=1S/C11H13NO4/c1-2-9(10(12)13)16-8-5-3-4-7(6-8)11(14)15/h3-6,9H,2H2,1H3,(H2,12,13)(H,14,15). The SMILES string of the molecule is CCC(Oc1cccc(C(=O)O)c1)C(N)=O. The second-order valence-electron chi connectivity index (χ2n) is 3.25. The summed E-state index contributed by atoms with van der Waals surface area (Å²) in [7, 11) is 0. The van der Waals surface area contributed by atoms with Gasteiger partial charge in [-0.3, -0.25) is 4.79 Å². The van der Waals surface area contributed by atoms with Gasteiger partial charge < -0.3 is 15.6 Å². The molecule has 1 aromatic carbocycles. The monoisotopic (exact) mass is 223 g/mol. The fraction of sp³-hybridized carbons (Fsp3) is 0.273. The molecule has 1 amide bonds. The van der Waals surface area contributed by atoms with Crippen LogP contribution in [0.5, 0.6) is 5.75 Å². The number of carboxylic acids is 1. The van der Waals surface area contributed by atoms with Crippen molar-refractivity contribution in [2.24, 2.45) is 5.73 Å². The van der Waals surface area contributed by atoms with Gasteiger partial charge >= 0.3 is 5.97 Å². The minimum atomic E-state index is -1.04. The zero-order valence-corrected chi connectivity index (χ0v) is 8.84. The topological polar surface area (TPSA) is 89.6 Å². The Balaban J connectivity index is 2.84. The smallest absolute Gasteiger partial charge is 0.335 e. The first-order valence-electron chi connectivity index (χ1n) is 4.84. The summed E-state index contributed by atoms with van der Waals surface area (Å²) in [4.78, 5) is 21.6. The van der Waals surface area contributed by atoms with Crippen molar-refractivity contribution >= 4 is 11.9 Å². The summed E-state index contributed by atoms with van der Waals surface area (Å²) in [6.45, 7) is 1.76. The first-order valence-corrected chi connectivity index (χ1v) is 4.84. The Hall–Kier alpha value is -2.04. The van der Waals surface area contributed by atoms with E-state index < -0.39 is 18.0 Å². The molecule has 16 heavy (non-hydrogen) atoms. The summed E-state index contributed by atoms with van der Waals surface area (Å²) >= 11 is 0. The Labute approximate surface area is 92.8 Å². The van der Waals surface area contributed by atoms with Gasteiger partial charge in [0, 0.05) is 0 Å². The number of aromatic carboxylic acids is 1. The third-order valence-electron chi connectivity index (χ3n) is 2.05. The zero-order valence-electron chi connectivity index (χ0n) is 8.84. The van der Waals surface area contributed by atoms with E-state index in [9.17, 15) is 9.59 Å². The first-order chi connectivity index (χ1) is 7.54. The fourth-order valence-corrected chi connectivity index (χ4v) is 1.21. The molecule has 86 valence electrons. The number of ether oxygens (including phenoxy) is 1. The van der Waals surface area contributed by atoms with Crippen molar-refractivity contribution < 1.29 is 19.4 Å². The number of amides is 1. The molecule has 0 bridgehead atoms. The normalized spacial score (nSPS) is 11.8. The molecule has 5 nitrogen and oxygen atoms in total. The predicted molar refractivity (Wildman–Crippen MR) is 57.3 cm³/mol. The van der Waals surface area contributed by atoms with E-state index in [0.29, 0.717) is 12.2 Å². The molecule has 1 unspecified atom stereocenters. The van der Waals surface area contributed by atoms with Crippen LogP contribution in [0.2, 0.25) is 0 Å². The molecular formula is C11H13NO4. The zero-order chi connectivity index (χ0) is 12.1. The first kappa shape index (κ1) is 12.0. The third-order valence-corrected chi connectivity index (χ3v) is 2.05. The summed E-state index contributed by atoms with van der Waals surface area (Å²) in [5.41, 5.74) is 5.22. The summed E-state index contributed by atoms with van der Waals surface area (Å²) in [6.07, 6.45) is -0.295. The van der Waals surface area contributed by atoms with Crippen molar-refractivity contribution in [1.82, 2.24) is 0 Å².